The number of hydrogen-bond acceptors (Lipinski definition) is 3. The highest BCUT2D eigenvalue weighted by Gasteiger charge is 2.27. The Labute approximate surface area is 131 Å². The number of aryl methyl sites for hydroxylation is 2. The number of carbonyl (C=O) groups excluding carboxylic acids is 1. The molecule has 0 heterocycles. The van der Waals surface area contributed by atoms with Gasteiger partial charge in [0.2, 0.25) is 0 Å². The van der Waals surface area contributed by atoms with E-state index in [9.17, 15) is 14.7 Å². The summed E-state index contributed by atoms with van der Waals surface area (Å²) in [4.78, 5) is 23.4. The van der Waals surface area contributed by atoms with Crippen molar-refractivity contribution in [3.05, 3.63) is 29.3 Å². The summed E-state index contributed by atoms with van der Waals surface area (Å²) in [6.45, 7) is 9.20. The number of benzene rings is 1. The summed E-state index contributed by atoms with van der Waals surface area (Å²) in [5.74, 6) is -0.965. The Morgan fingerprint density at radius 3 is 2.41 bits per heavy atom. The summed E-state index contributed by atoms with van der Waals surface area (Å²) in [5, 5.41) is 11.8. The van der Waals surface area contributed by atoms with Crippen molar-refractivity contribution in [1.29, 1.82) is 0 Å². The smallest absolute Gasteiger partial charge is 0.326 e. The summed E-state index contributed by atoms with van der Waals surface area (Å²) in [6.07, 6.45) is -0.0869. The zero-order valence-electron chi connectivity index (χ0n) is 13.8. The van der Waals surface area contributed by atoms with Crippen molar-refractivity contribution in [2.75, 3.05) is 0 Å². The Balaban J connectivity index is 2.73. The molecule has 1 aromatic rings. The molecule has 3 atom stereocenters. The third kappa shape index (κ3) is 4.76. The number of aliphatic carboxylic acids is 1. The zero-order valence-corrected chi connectivity index (χ0v) is 13.8. The van der Waals surface area contributed by atoms with Crippen LogP contribution in [0.3, 0.4) is 0 Å². The first kappa shape index (κ1) is 18.0. The van der Waals surface area contributed by atoms with Gasteiger partial charge < -0.3 is 15.2 Å². The van der Waals surface area contributed by atoms with E-state index < -0.39 is 24.0 Å². The van der Waals surface area contributed by atoms with Crippen LogP contribution in [-0.2, 0) is 9.59 Å². The van der Waals surface area contributed by atoms with Crippen LogP contribution in [0.4, 0.5) is 0 Å². The molecule has 0 radical (unpaired) electrons. The maximum absolute atomic E-state index is 12.2. The Bertz CT molecular complexity index is 541. The highest BCUT2D eigenvalue weighted by atomic mass is 16.5. The fraction of sp³-hybridized carbons (Fsp3) is 0.529. The number of amides is 1. The van der Waals surface area contributed by atoms with Gasteiger partial charge in [0.15, 0.2) is 6.10 Å². The summed E-state index contributed by atoms with van der Waals surface area (Å²) < 4.78 is 5.65. The predicted molar refractivity (Wildman–Crippen MR) is 85.0 cm³/mol. The van der Waals surface area contributed by atoms with Crippen LogP contribution >= 0.6 is 0 Å². The SMILES string of the molecule is CCC(C)C(NC(=O)C(C)Oc1ccc(C)cc1C)C(=O)O. The van der Waals surface area contributed by atoms with Gasteiger partial charge in [0.25, 0.3) is 5.91 Å². The lowest BCUT2D eigenvalue weighted by molar-refractivity contribution is -0.144. The largest absolute Gasteiger partial charge is 0.481 e. The normalized spacial score (nSPS) is 14.8. The minimum atomic E-state index is -1.03. The minimum absolute atomic E-state index is 0.144. The number of carboxylic acids is 1. The second-order valence-corrected chi connectivity index (χ2v) is 5.74. The van der Waals surface area contributed by atoms with Crippen molar-refractivity contribution < 1.29 is 19.4 Å². The van der Waals surface area contributed by atoms with Crippen molar-refractivity contribution in [2.45, 2.75) is 53.2 Å². The first-order chi connectivity index (χ1) is 10.3. The molecule has 0 saturated heterocycles. The average molecular weight is 307 g/mol. The van der Waals surface area contributed by atoms with Crippen molar-refractivity contribution in [3.63, 3.8) is 0 Å². The van der Waals surface area contributed by atoms with Crippen LogP contribution in [0.2, 0.25) is 0 Å². The number of rotatable bonds is 7. The number of carbonyl (C=O) groups is 2. The number of ether oxygens (including phenoxy) is 1. The van der Waals surface area contributed by atoms with Gasteiger partial charge in [0, 0.05) is 0 Å². The van der Waals surface area contributed by atoms with Crippen molar-refractivity contribution in [1.82, 2.24) is 5.32 Å². The summed E-state index contributed by atoms with van der Waals surface area (Å²) >= 11 is 0. The van der Waals surface area contributed by atoms with Crippen LogP contribution in [0.1, 0.15) is 38.3 Å². The Morgan fingerprint density at radius 1 is 1.27 bits per heavy atom. The monoisotopic (exact) mass is 307 g/mol. The van der Waals surface area contributed by atoms with Gasteiger partial charge in [-0.05, 0) is 38.3 Å². The van der Waals surface area contributed by atoms with Crippen LogP contribution in [-0.4, -0.2) is 29.1 Å². The van der Waals surface area contributed by atoms with Crippen LogP contribution < -0.4 is 10.1 Å². The van der Waals surface area contributed by atoms with Gasteiger partial charge in [0.1, 0.15) is 11.8 Å². The van der Waals surface area contributed by atoms with Crippen LogP contribution in [0.15, 0.2) is 18.2 Å². The highest BCUT2D eigenvalue weighted by molar-refractivity contribution is 5.86. The van der Waals surface area contributed by atoms with E-state index in [2.05, 4.69) is 5.32 Å². The van der Waals surface area contributed by atoms with Gasteiger partial charge in [-0.15, -0.1) is 0 Å². The van der Waals surface area contributed by atoms with E-state index in [1.807, 2.05) is 39.0 Å². The molecule has 22 heavy (non-hydrogen) atoms. The summed E-state index contributed by atoms with van der Waals surface area (Å²) in [7, 11) is 0. The van der Waals surface area contributed by atoms with Gasteiger partial charge in [-0.25, -0.2) is 4.79 Å². The molecule has 1 aromatic carbocycles. The summed E-state index contributed by atoms with van der Waals surface area (Å²) in [6, 6.07) is 4.80. The fourth-order valence-electron chi connectivity index (χ4n) is 2.13. The van der Waals surface area contributed by atoms with Crippen LogP contribution in [0.5, 0.6) is 5.75 Å². The van der Waals surface area contributed by atoms with E-state index in [1.165, 1.54) is 0 Å². The Morgan fingerprint density at radius 2 is 1.91 bits per heavy atom. The molecule has 0 spiro atoms. The molecule has 122 valence electrons. The van der Waals surface area contributed by atoms with Crippen LogP contribution in [0, 0.1) is 19.8 Å². The molecule has 1 amide bonds. The molecular formula is C17H25NO4. The second-order valence-electron chi connectivity index (χ2n) is 5.74. The van der Waals surface area contributed by atoms with Gasteiger partial charge in [0.05, 0.1) is 0 Å². The highest BCUT2D eigenvalue weighted by Crippen LogP contribution is 2.20. The third-order valence-corrected chi connectivity index (χ3v) is 3.78. The molecule has 0 aliphatic carbocycles. The summed E-state index contributed by atoms with van der Waals surface area (Å²) in [5.41, 5.74) is 2.06. The molecule has 0 bridgehead atoms. The maximum Gasteiger partial charge on any atom is 0.326 e. The van der Waals surface area contributed by atoms with Crippen LogP contribution in [0.25, 0.3) is 0 Å². The molecule has 3 unspecified atom stereocenters. The average Bonchev–Trinajstić information content (AvgIpc) is 2.46. The van der Waals surface area contributed by atoms with E-state index in [4.69, 9.17) is 4.74 Å². The quantitative estimate of drug-likeness (QED) is 0.812. The van der Waals surface area contributed by atoms with Crippen molar-refractivity contribution >= 4 is 11.9 Å². The standard InChI is InChI=1S/C17H25NO4/c1-6-11(3)15(17(20)21)18-16(19)13(5)22-14-8-7-10(2)9-12(14)4/h7-9,11,13,15H,6H2,1-5H3,(H,18,19)(H,20,21). The van der Waals surface area contributed by atoms with E-state index in [0.29, 0.717) is 12.2 Å². The molecule has 1 rings (SSSR count). The molecule has 0 aromatic heterocycles. The van der Waals surface area contributed by atoms with Crippen molar-refractivity contribution in [2.24, 2.45) is 5.92 Å². The Kier molecular flexibility index (Phi) is 6.40. The first-order valence-corrected chi connectivity index (χ1v) is 7.53. The molecule has 0 aliphatic heterocycles. The van der Waals surface area contributed by atoms with Crippen molar-refractivity contribution in [3.8, 4) is 5.75 Å². The molecule has 2 N–H and O–H groups in total. The van der Waals surface area contributed by atoms with Gasteiger partial charge >= 0.3 is 5.97 Å². The zero-order chi connectivity index (χ0) is 16.9. The lowest BCUT2D eigenvalue weighted by Gasteiger charge is -2.23. The van der Waals surface area contributed by atoms with Gasteiger partial charge in [-0.2, -0.15) is 0 Å². The second kappa shape index (κ2) is 7.82. The van der Waals surface area contributed by atoms with E-state index in [0.717, 1.165) is 11.1 Å². The molecule has 0 saturated carbocycles. The predicted octanol–water partition coefficient (Wildman–Crippen LogP) is 2.69. The number of hydrogen-bond donors (Lipinski definition) is 2. The van der Waals surface area contributed by atoms with E-state index in [1.54, 1.807) is 13.8 Å². The fourth-order valence-corrected chi connectivity index (χ4v) is 2.13. The Hall–Kier alpha value is -2.04. The molecule has 5 nitrogen and oxygen atoms in total. The van der Waals surface area contributed by atoms with E-state index in [-0.39, 0.29) is 5.92 Å². The maximum atomic E-state index is 12.2. The van der Waals surface area contributed by atoms with Gasteiger partial charge in [-0.3, -0.25) is 4.79 Å². The van der Waals surface area contributed by atoms with Gasteiger partial charge in [-0.1, -0.05) is 38.0 Å². The number of carboxylic acid groups (broad SMARTS) is 1. The number of nitrogens with one attached hydrogen (secondary N) is 1. The lowest BCUT2D eigenvalue weighted by atomic mass is 9.99. The topological polar surface area (TPSA) is 75.6 Å². The molecule has 5 heteroatoms. The molecular weight excluding hydrogens is 282 g/mol. The van der Waals surface area contributed by atoms with E-state index >= 15 is 0 Å². The lowest BCUT2D eigenvalue weighted by Crippen LogP contribution is -2.49. The molecule has 0 fully saturated rings. The molecule has 0 aliphatic rings. The minimum Gasteiger partial charge on any atom is -0.481 e. The third-order valence-electron chi connectivity index (χ3n) is 3.78. The first-order valence-electron chi connectivity index (χ1n) is 7.53.